The summed E-state index contributed by atoms with van der Waals surface area (Å²) in [7, 11) is 0.644. The van der Waals surface area contributed by atoms with Crippen molar-refractivity contribution in [3.8, 4) is 0 Å². The summed E-state index contributed by atoms with van der Waals surface area (Å²) in [5, 5.41) is 0. The average molecular weight is 102 g/mol. The fourth-order valence-electron chi connectivity index (χ4n) is 0.565. The van der Waals surface area contributed by atoms with Gasteiger partial charge in [-0.05, 0) is 12.6 Å². The standard InChI is InChI=1S/C4H7OP/c5-4-2-1-3-6-4/h6H,1-3H2. The highest BCUT2D eigenvalue weighted by molar-refractivity contribution is 7.58. The first-order valence-corrected chi connectivity index (χ1v) is 3.37. The van der Waals surface area contributed by atoms with E-state index in [0.29, 0.717) is 14.1 Å². The third-order valence-corrected chi connectivity index (χ3v) is 2.15. The first kappa shape index (κ1) is 4.26. The summed E-state index contributed by atoms with van der Waals surface area (Å²) in [6.45, 7) is 0. The van der Waals surface area contributed by atoms with Crippen molar-refractivity contribution in [2.75, 3.05) is 6.16 Å². The quantitative estimate of drug-likeness (QED) is 0.417. The molecular weight excluding hydrogens is 95.0 g/mol. The number of carbonyl (C=O) groups is 1. The molecule has 0 aliphatic carbocycles. The Bertz CT molecular complexity index is 61.9. The van der Waals surface area contributed by atoms with Crippen LogP contribution in [-0.2, 0) is 4.79 Å². The molecule has 1 unspecified atom stereocenters. The number of rotatable bonds is 0. The summed E-state index contributed by atoms with van der Waals surface area (Å²) in [6.07, 6.45) is 3.18. The molecule has 0 radical (unpaired) electrons. The lowest BCUT2D eigenvalue weighted by atomic mass is 10.4. The van der Waals surface area contributed by atoms with Crippen molar-refractivity contribution in [1.82, 2.24) is 0 Å². The Morgan fingerprint density at radius 2 is 2.50 bits per heavy atom. The Kier molecular flexibility index (Phi) is 1.21. The molecule has 0 saturated carbocycles. The van der Waals surface area contributed by atoms with Crippen LogP contribution in [0.25, 0.3) is 0 Å². The van der Waals surface area contributed by atoms with Crippen molar-refractivity contribution in [2.24, 2.45) is 0 Å². The SMILES string of the molecule is O=C1CCCP1. The van der Waals surface area contributed by atoms with E-state index in [1.54, 1.807) is 0 Å². The zero-order valence-electron chi connectivity index (χ0n) is 3.53. The first-order valence-electron chi connectivity index (χ1n) is 2.16. The van der Waals surface area contributed by atoms with Gasteiger partial charge in [-0.25, -0.2) is 0 Å². The van der Waals surface area contributed by atoms with Crippen LogP contribution in [-0.4, -0.2) is 11.7 Å². The van der Waals surface area contributed by atoms with E-state index in [0.717, 1.165) is 12.8 Å². The molecule has 6 heavy (non-hydrogen) atoms. The molecule has 2 heteroatoms. The van der Waals surface area contributed by atoms with Crippen LogP contribution in [0.3, 0.4) is 0 Å². The molecule has 0 aromatic rings. The normalized spacial score (nSPS) is 26.3. The molecule has 1 saturated heterocycles. The van der Waals surface area contributed by atoms with Crippen LogP contribution in [0.5, 0.6) is 0 Å². The van der Waals surface area contributed by atoms with Gasteiger partial charge in [-0.1, -0.05) is 8.58 Å². The number of hydrogen-bond donors (Lipinski definition) is 0. The van der Waals surface area contributed by atoms with Crippen LogP contribution >= 0.6 is 8.58 Å². The molecule has 1 heterocycles. The van der Waals surface area contributed by atoms with Crippen molar-refractivity contribution >= 4 is 14.1 Å². The van der Waals surface area contributed by atoms with E-state index >= 15 is 0 Å². The maximum atomic E-state index is 10.3. The molecule has 1 nitrogen and oxygen atoms in total. The fraction of sp³-hybridized carbons (Fsp3) is 0.750. The maximum absolute atomic E-state index is 10.3. The van der Waals surface area contributed by atoms with Crippen molar-refractivity contribution < 1.29 is 4.79 Å². The van der Waals surface area contributed by atoms with E-state index in [1.807, 2.05) is 0 Å². The van der Waals surface area contributed by atoms with Crippen molar-refractivity contribution in [3.05, 3.63) is 0 Å². The molecule has 1 atom stereocenters. The topological polar surface area (TPSA) is 17.1 Å². The minimum atomic E-state index is 0.481. The van der Waals surface area contributed by atoms with Crippen LogP contribution < -0.4 is 0 Å². The highest BCUT2D eigenvalue weighted by Gasteiger charge is 2.07. The second-order valence-corrected chi connectivity index (χ2v) is 2.86. The molecule has 0 amide bonds. The molecule has 0 aromatic heterocycles. The molecule has 34 valence electrons. The van der Waals surface area contributed by atoms with E-state index in [2.05, 4.69) is 0 Å². The molecule has 0 aromatic carbocycles. The molecule has 1 aliphatic rings. The van der Waals surface area contributed by atoms with Gasteiger partial charge < -0.3 is 0 Å². The van der Waals surface area contributed by atoms with Crippen molar-refractivity contribution in [1.29, 1.82) is 0 Å². The summed E-state index contributed by atoms with van der Waals surface area (Å²) >= 11 is 0. The average Bonchev–Trinajstić information content (AvgIpc) is 1.86. The van der Waals surface area contributed by atoms with Gasteiger partial charge in [0.25, 0.3) is 0 Å². The van der Waals surface area contributed by atoms with Gasteiger partial charge in [-0.2, -0.15) is 0 Å². The first-order chi connectivity index (χ1) is 2.89. The Balaban J connectivity index is 2.37. The lowest BCUT2D eigenvalue weighted by Gasteiger charge is -1.72. The molecule has 1 rings (SSSR count). The highest BCUT2D eigenvalue weighted by Crippen LogP contribution is 2.24. The molecule has 1 fully saturated rings. The van der Waals surface area contributed by atoms with Crippen LogP contribution in [0.4, 0.5) is 0 Å². The molecule has 0 spiro atoms. The molecular formula is C4H7OP. The van der Waals surface area contributed by atoms with Gasteiger partial charge in [0.05, 0.1) is 0 Å². The van der Waals surface area contributed by atoms with Crippen LogP contribution in [0.15, 0.2) is 0 Å². The lowest BCUT2D eigenvalue weighted by Crippen LogP contribution is -1.73. The Morgan fingerprint density at radius 3 is 2.67 bits per heavy atom. The highest BCUT2D eigenvalue weighted by atomic mass is 31.1. The predicted octanol–water partition coefficient (Wildman–Crippen LogP) is 0.985. The van der Waals surface area contributed by atoms with Crippen LogP contribution in [0.1, 0.15) is 12.8 Å². The van der Waals surface area contributed by atoms with Crippen LogP contribution in [0, 0.1) is 0 Å². The molecule has 0 bridgehead atoms. The third-order valence-electron chi connectivity index (χ3n) is 0.903. The van der Waals surface area contributed by atoms with E-state index in [-0.39, 0.29) is 0 Å². The second kappa shape index (κ2) is 1.70. The Hall–Kier alpha value is 0.100. The van der Waals surface area contributed by atoms with E-state index < -0.39 is 0 Å². The zero-order chi connectivity index (χ0) is 4.41. The van der Waals surface area contributed by atoms with Crippen molar-refractivity contribution in [2.45, 2.75) is 12.8 Å². The van der Waals surface area contributed by atoms with Gasteiger partial charge in [0.1, 0.15) is 0 Å². The summed E-state index contributed by atoms with van der Waals surface area (Å²) in [4.78, 5) is 10.3. The third kappa shape index (κ3) is 0.782. The van der Waals surface area contributed by atoms with Gasteiger partial charge in [0.15, 0.2) is 5.52 Å². The van der Waals surface area contributed by atoms with Crippen LogP contribution in [0.2, 0.25) is 0 Å². The minimum Gasteiger partial charge on any atom is -0.295 e. The molecule has 1 aliphatic heterocycles. The minimum absolute atomic E-state index is 0.481. The summed E-state index contributed by atoms with van der Waals surface area (Å²) in [5.74, 6) is 0. The van der Waals surface area contributed by atoms with E-state index in [4.69, 9.17) is 0 Å². The van der Waals surface area contributed by atoms with E-state index in [1.165, 1.54) is 6.16 Å². The monoisotopic (exact) mass is 102 g/mol. The largest absolute Gasteiger partial charge is 0.295 e. The van der Waals surface area contributed by atoms with Crippen molar-refractivity contribution in [3.63, 3.8) is 0 Å². The van der Waals surface area contributed by atoms with Gasteiger partial charge in [0, 0.05) is 6.42 Å². The second-order valence-electron chi connectivity index (χ2n) is 1.45. The lowest BCUT2D eigenvalue weighted by molar-refractivity contribution is -0.110. The maximum Gasteiger partial charge on any atom is 0.151 e. The summed E-state index contributed by atoms with van der Waals surface area (Å²) in [5.41, 5.74) is 0.481. The summed E-state index contributed by atoms with van der Waals surface area (Å²) in [6, 6.07) is 0. The Morgan fingerprint density at radius 1 is 1.67 bits per heavy atom. The number of carbonyl (C=O) groups excluding carboxylic acids is 1. The van der Waals surface area contributed by atoms with E-state index in [9.17, 15) is 4.79 Å². The molecule has 0 N–H and O–H groups in total. The smallest absolute Gasteiger partial charge is 0.151 e. The van der Waals surface area contributed by atoms with Gasteiger partial charge >= 0.3 is 0 Å². The predicted molar refractivity (Wildman–Crippen MR) is 27.4 cm³/mol. The van der Waals surface area contributed by atoms with Gasteiger partial charge in [0.2, 0.25) is 0 Å². The zero-order valence-corrected chi connectivity index (χ0v) is 4.53. The fourth-order valence-corrected chi connectivity index (χ4v) is 1.55. The summed E-state index contributed by atoms with van der Waals surface area (Å²) < 4.78 is 0. The Labute approximate surface area is 38.9 Å². The van der Waals surface area contributed by atoms with Gasteiger partial charge in [-0.15, -0.1) is 0 Å². The van der Waals surface area contributed by atoms with Gasteiger partial charge in [-0.3, -0.25) is 4.79 Å². The number of hydrogen-bond acceptors (Lipinski definition) is 1.